The highest BCUT2D eigenvalue weighted by Crippen LogP contribution is 2.34. The molecule has 1 amide bonds. The van der Waals surface area contributed by atoms with Crippen LogP contribution < -0.4 is 5.56 Å². The third-order valence-corrected chi connectivity index (χ3v) is 6.72. The Bertz CT molecular complexity index is 1100. The highest BCUT2D eigenvalue weighted by molar-refractivity contribution is 7.20. The number of fused-ring (bicyclic) bond motifs is 2. The van der Waals surface area contributed by atoms with Crippen molar-refractivity contribution in [3.63, 3.8) is 0 Å². The number of hydrogen-bond acceptors (Lipinski definition) is 4. The fourth-order valence-electron chi connectivity index (χ4n) is 3.94. The lowest BCUT2D eigenvalue weighted by atomic mass is 10.1. The van der Waals surface area contributed by atoms with Crippen molar-refractivity contribution in [3.8, 4) is 0 Å². The molecule has 6 heteroatoms. The van der Waals surface area contributed by atoms with Crippen LogP contribution in [0, 0.1) is 6.92 Å². The fourth-order valence-corrected chi connectivity index (χ4v) is 5.09. The van der Waals surface area contributed by atoms with E-state index in [1.165, 1.54) is 11.3 Å². The van der Waals surface area contributed by atoms with Crippen LogP contribution in [0.2, 0.25) is 0 Å². The van der Waals surface area contributed by atoms with Crippen LogP contribution in [0.25, 0.3) is 10.2 Å². The molecule has 2 aliphatic rings. The van der Waals surface area contributed by atoms with E-state index in [-0.39, 0.29) is 11.5 Å². The third kappa shape index (κ3) is 2.79. The van der Waals surface area contributed by atoms with Gasteiger partial charge in [0.05, 0.1) is 10.3 Å². The minimum atomic E-state index is 0.0151. The summed E-state index contributed by atoms with van der Waals surface area (Å²) < 4.78 is 1.78. The lowest BCUT2D eigenvalue weighted by Gasteiger charge is -2.22. The molecule has 1 aliphatic carbocycles. The molecule has 5 rings (SSSR count). The molecule has 3 aromatic rings. The summed E-state index contributed by atoms with van der Waals surface area (Å²) in [5.74, 6) is 0.891. The molecular weight excluding hydrogens is 358 g/mol. The Morgan fingerprint density at radius 1 is 1.30 bits per heavy atom. The second kappa shape index (κ2) is 6.30. The van der Waals surface area contributed by atoms with Crippen molar-refractivity contribution in [1.29, 1.82) is 0 Å². The monoisotopic (exact) mass is 379 g/mol. The van der Waals surface area contributed by atoms with Gasteiger partial charge >= 0.3 is 0 Å². The molecule has 1 fully saturated rings. The predicted octanol–water partition coefficient (Wildman–Crippen LogP) is 3.52. The van der Waals surface area contributed by atoms with Crippen molar-refractivity contribution in [2.24, 2.45) is 0 Å². The number of aryl methyl sites for hydroxylation is 2. The Kier molecular flexibility index (Phi) is 3.90. The average Bonchev–Trinajstić information content (AvgIpc) is 3.31. The summed E-state index contributed by atoms with van der Waals surface area (Å²) in [5, 5.41) is 0.629. The minimum absolute atomic E-state index is 0.0151. The molecule has 0 unspecified atom stereocenters. The van der Waals surface area contributed by atoms with Gasteiger partial charge in [-0.05, 0) is 37.3 Å². The van der Waals surface area contributed by atoms with Crippen molar-refractivity contribution in [1.82, 2.24) is 14.5 Å². The molecule has 0 atom stereocenters. The van der Waals surface area contributed by atoms with Crippen LogP contribution in [0.3, 0.4) is 0 Å². The fraction of sp³-hybridized carbons (Fsp3) is 0.381. The van der Waals surface area contributed by atoms with Crippen LogP contribution in [0.1, 0.15) is 45.9 Å². The van der Waals surface area contributed by atoms with E-state index >= 15 is 0 Å². The Hall–Kier alpha value is -2.47. The summed E-state index contributed by atoms with van der Waals surface area (Å²) in [5.41, 5.74) is 1.94. The van der Waals surface area contributed by atoms with Crippen molar-refractivity contribution >= 4 is 27.5 Å². The molecule has 0 spiro atoms. The second-order valence-corrected chi connectivity index (χ2v) is 8.47. The Labute approximate surface area is 161 Å². The van der Waals surface area contributed by atoms with Crippen LogP contribution in [0.4, 0.5) is 0 Å². The number of carbonyl (C=O) groups excluding carboxylic acids is 1. The molecule has 0 radical (unpaired) electrons. The first-order chi connectivity index (χ1) is 13.1. The first-order valence-corrected chi connectivity index (χ1v) is 10.3. The maximum absolute atomic E-state index is 13.4. The molecular formula is C21H21N3O2S. The number of thiophene rings is 1. The van der Waals surface area contributed by atoms with Crippen LogP contribution in [-0.4, -0.2) is 26.4 Å². The third-order valence-electron chi connectivity index (χ3n) is 5.55. The summed E-state index contributed by atoms with van der Waals surface area (Å²) in [6.07, 6.45) is 3.92. The summed E-state index contributed by atoms with van der Waals surface area (Å²) in [6.45, 7) is 3.24. The van der Waals surface area contributed by atoms with Gasteiger partial charge in [0.25, 0.3) is 11.5 Å². The molecule has 2 aromatic heterocycles. The quantitative estimate of drug-likeness (QED) is 0.697. The van der Waals surface area contributed by atoms with Crippen LogP contribution >= 0.6 is 11.3 Å². The normalized spacial score (nSPS) is 15.9. The molecule has 1 saturated carbocycles. The number of aromatic nitrogens is 2. The van der Waals surface area contributed by atoms with Crippen molar-refractivity contribution in [3.05, 3.63) is 62.5 Å². The smallest absolute Gasteiger partial charge is 0.264 e. The molecule has 3 heterocycles. The molecule has 1 aliphatic heterocycles. The lowest BCUT2D eigenvalue weighted by molar-refractivity contribution is 0.0734. The van der Waals surface area contributed by atoms with Gasteiger partial charge in [0.1, 0.15) is 10.7 Å². The molecule has 0 bridgehead atoms. The maximum atomic E-state index is 13.4. The van der Waals surface area contributed by atoms with Crippen LogP contribution in [0.15, 0.2) is 35.1 Å². The summed E-state index contributed by atoms with van der Waals surface area (Å²) in [7, 11) is 0. The molecule has 5 nitrogen and oxygen atoms in total. The number of carbonyl (C=O) groups is 1. The molecule has 138 valence electrons. The molecule has 0 N–H and O–H groups in total. The highest BCUT2D eigenvalue weighted by Gasteiger charge is 2.35. The highest BCUT2D eigenvalue weighted by atomic mass is 32.1. The van der Waals surface area contributed by atoms with E-state index in [0.29, 0.717) is 27.7 Å². The minimum Gasteiger partial charge on any atom is -0.331 e. The average molecular weight is 379 g/mol. The van der Waals surface area contributed by atoms with Gasteiger partial charge in [0, 0.05) is 25.6 Å². The lowest BCUT2D eigenvalue weighted by Crippen LogP contribution is -2.32. The zero-order valence-corrected chi connectivity index (χ0v) is 16.1. The van der Waals surface area contributed by atoms with Crippen LogP contribution in [0.5, 0.6) is 0 Å². The van der Waals surface area contributed by atoms with Crippen molar-refractivity contribution in [2.45, 2.75) is 51.7 Å². The van der Waals surface area contributed by atoms with Gasteiger partial charge in [-0.25, -0.2) is 4.98 Å². The van der Waals surface area contributed by atoms with Gasteiger partial charge in [-0.2, -0.15) is 0 Å². The maximum Gasteiger partial charge on any atom is 0.264 e. The summed E-state index contributed by atoms with van der Waals surface area (Å²) in [4.78, 5) is 34.3. The van der Waals surface area contributed by atoms with E-state index in [4.69, 9.17) is 4.98 Å². The van der Waals surface area contributed by atoms with E-state index in [9.17, 15) is 9.59 Å². The van der Waals surface area contributed by atoms with Crippen LogP contribution in [-0.2, 0) is 19.5 Å². The Balaban J connectivity index is 1.56. The van der Waals surface area contributed by atoms with Crippen molar-refractivity contribution < 1.29 is 4.79 Å². The van der Waals surface area contributed by atoms with Crippen molar-refractivity contribution in [2.75, 3.05) is 0 Å². The standard InChI is InChI=1S/C21H21N3O2S/c1-13-17-19(22-16-8-5-11-23(16)20(17)25)27-18(13)21(26)24(15-9-10-15)12-14-6-3-2-4-7-14/h2-4,6-7,15H,5,8-12H2,1H3. The number of rotatable bonds is 4. The van der Waals surface area contributed by atoms with Gasteiger partial charge in [0.2, 0.25) is 0 Å². The van der Waals surface area contributed by atoms with E-state index in [1.54, 1.807) is 4.57 Å². The van der Waals surface area contributed by atoms with E-state index < -0.39 is 0 Å². The Morgan fingerprint density at radius 3 is 2.81 bits per heavy atom. The summed E-state index contributed by atoms with van der Waals surface area (Å²) in [6, 6.07) is 10.4. The molecule has 0 saturated heterocycles. The zero-order chi connectivity index (χ0) is 18.5. The van der Waals surface area contributed by atoms with E-state index in [1.807, 2.05) is 30.0 Å². The topological polar surface area (TPSA) is 55.2 Å². The van der Waals surface area contributed by atoms with E-state index in [2.05, 4.69) is 12.1 Å². The first kappa shape index (κ1) is 16.7. The summed E-state index contributed by atoms with van der Waals surface area (Å²) >= 11 is 1.38. The Morgan fingerprint density at radius 2 is 2.07 bits per heavy atom. The van der Waals surface area contributed by atoms with Gasteiger partial charge < -0.3 is 4.90 Å². The second-order valence-electron chi connectivity index (χ2n) is 7.47. The van der Waals surface area contributed by atoms with Gasteiger partial charge in [-0.3, -0.25) is 14.2 Å². The SMILES string of the molecule is Cc1c(C(=O)N(Cc2ccccc2)C2CC2)sc2nc3n(c(=O)c12)CCC3. The number of nitrogens with zero attached hydrogens (tertiary/aromatic N) is 3. The zero-order valence-electron chi connectivity index (χ0n) is 15.3. The number of hydrogen-bond donors (Lipinski definition) is 0. The van der Waals surface area contributed by atoms with Gasteiger partial charge in [-0.1, -0.05) is 30.3 Å². The first-order valence-electron chi connectivity index (χ1n) is 9.51. The molecule has 1 aromatic carbocycles. The molecule has 27 heavy (non-hydrogen) atoms. The number of amides is 1. The van der Waals surface area contributed by atoms with Gasteiger partial charge in [0.15, 0.2) is 0 Å². The van der Waals surface area contributed by atoms with E-state index in [0.717, 1.165) is 49.2 Å². The predicted molar refractivity (Wildman–Crippen MR) is 106 cm³/mol. The van der Waals surface area contributed by atoms with Gasteiger partial charge in [-0.15, -0.1) is 11.3 Å². The largest absolute Gasteiger partial charge is 0.331 e. The number of benzene rings is 1.